The van der Waals surface area contributed by atoms with Crippen molar-refractivity contribution < 1.29 is 14.2 Å². The number of hydrogen-bond acceptors (Lipinski definition) is 4. The fourth-order valence-electron chi connectivity index (χ4n) is 2.52. The van der Waals surface area contributed by atoms with Crippen LogP contribution >= 0.6 is 11.6 Å². The van der Waals surface area contributed by atoms with Gasteiger partial charge in [0.15, 0.2) is 11.5 Å². The topological polar surface area (TPSA) is 39.7 Å². The molecule has 134 valence electrons. The molecule has 0 spiro atoms. The van der Waals surface area contributed by atoms with Crippen LogP contribution in [0, 0.1) is 0 Å². The average molecular weight is 362 g/mol. The van der Waals surface area contributed by atoms with Gasteiger partial charge in [-0.05, 0) is 42.3 Å². The summed E-state index contributed by atoms with van der Waals surface area (Å²) < 4.78 is 16.3. The Bertz CT molecular complexity index is 703. The quantitative estimate of drug-likeness (QED) is 0.507. The van der Waals surface area contributed by atoms with E-state index in [9.17, 15) is 0 Å². The van der Waals surface area contributed by atoms with E-state index in [2.05, 4.69) is 18.0 Å². The molecule has 0 atom stereocenters. The monoisotopic (exact) mass is 361 g/mol. The maximum atomic E-state index is 6.31. The maximum Gasteiger partial charge on any atom is 0.180 e. The van der Waals surface area contributed by atoms with Crippen LogP contribution in [-0.2, 0) is 13.0 Å². The van der Waals surface area contributed by atoms with Crippen LogP contribution in [0.3, 0.4) is 0 Å². The molecule has 0 amide bonds. The highest BCUT2D eigenvalue weighted by atomic mass is 35.5. The first-order chi connectivity index (χ1) is 12.2. The van der Waals surface area contributed by atoms with Crippen molar-refractivity contribution in [1.29, 1.82) is 0 Å². The summed E-state index contributed by atoms with van der Waals surface area (Å²) in [6.45, 7) is 5.54. The van der Waals surface area contributed by atoms with Crippen molar-refractivity contribution >= 4 is 11.6 Å². The van der Waals surface area contributed by atoms with Gasteiger partial charge in [0, 0.05) is 6.54 Å². The molecule has 2 aromatic rings. The van der Waals surface area contributed by atoms with Crippen LogP contribution in [-0.4, -0.2) is 27.4 Å². The number of hydrogen-bond donors (Lipinski definition) is 1. The lowest BCUT2D eigenvalue weighted by Crippen LogP contribution is -2.17. The first-order valence-corrected chi connectivity index (χ1v) is 8.50. The summed E-state index contributed by atoms with van der Waals surface area (Å²) in [6.07, 6.45) is 2.55. The molecule has 0 bridgehead atoms. The van der Waals surface area contributed by atoms with E-state index in [1.165, 1.54) is 5.56 Å². The first kappa shape index (κ1) is 19.2. The average Bonchev–Trinajstić information content (AvgIpc) is 2.64. The molecule has 2 rings (SSSR count). The molecule has 25 heavy (non-hydrogen) atoms. The largest absolute Gasteiger partial charge is 0.496 e. The third-order valence-electron chi connectivity index (χ3n) is 3.73. The van der Waals surface area contributed by atoms with Crippen LogP contribution < -0.4 is 19.5 Å². The predicted molar refractivity (Wildman–Crippen MR) is 102 cm³/mol. The molecule has 1 N–H and O–H groups in total. The van der Waals surface area contributed by atoms with E-state index in [1.807, 2.05) is 30.3 Å². The zero-order chi connectivity index (χ0) is 18.1. The lowest BCUT2D eigenvalue weighted by Gasteiger charge is -2.14. The van der Waals surface area contributed by atoms with Crippen molar-refractivity contribution in [3.63, 3.8) is 0 Å². The Kier molecular flexibility index (Phi) is 7.64. The SMILES string of the molecule is C=CCOc1c(Cl)cc(CNCCc2ccccc2OC)cc1OC. The van der Waals surface area contributed by atoms with Gasteiger partial charge in [0.05, 0.1) is 19.2 Å². The van der Waals surface area contributed by atoms with Gasteiger partial charge in [-0.2, -0.15) is 0 Å². The standard InChI is InChI=1S/C20H24ClNO3/c1-4-11-25-20-17(21)12-15(13-19(20)24-3)14-22-10-9-16-7-5-6-8-18(16)23-2/h4-8,12-13,22H,1,9-11,14H2,2-3H3. The van der Waals surface area contributed by atoms with Gasteiger partial charge in [-0.25, -0.2) is 0 Å². The second-order valence-corrected chi connectivity index (χ2v) is 5.85. The van der Waals surface area contributed by atoms with E-state index in [4.69, 9.17) is 25.8 Å². The third kappa shape index (κ3) is 5.41. The Morgan fingerprint density at radius 1 is 1.12 bits per heavy atom. The minimum absolute atomic E-state index is 0.382. The summed E-state index contributed by atoms with van der Waals surface area (Å²) in [6, 6.07) is 11.9. The number of rotatable bonds is 10. The Balaban J connectivity index is 1.94. The van der Waals surface area contributed by atoms with Crippen molar-refractivity contribution in [2.45, 2.75) is 13.0 Å². The molecule has 0 saturated carbocycles. The number of benzene rings is 2. The highest BCUT2D eigenvalue weighted by molar-refractivity contribution is 6.32. The maximum absolute atomic E-state index is 6.31. The summed E-state index contributed by atoms with van der Waals surface area (Å²) in [5.41, 5.74) is 2.22. The number of nitrogens with one attached hydrogen (secondary N) is 1. The number of ether oxygens (including phenoxy) is 3. The van der Waals surface area contributed by atoms with Crippen LogP contribution in [0.15, 0.2) is 49.1 Å². The zero-order valence-electron chi connectivity index (χ0n) is 14.7. The molecule has 0 radical (unpaired) electrons. The minimum Gasteiger partial charge on any atom is -0.496 e. The molecule has 0 aromatic heterocycles. The van der Waals surface area contributed by atoms with Crippen molar-refractivity contribution in [3.05, 3.63) is 65.2 Å². The van der Waals surface area contributed by atoms with Crippen LogP contribution in [0.5, 0.6) is 17.2 Å². The van der Waals surface area contributed by atoms with E-state index in [-0.39, 0.29) is 0 Å². The Morgan fingerprint density at radius 3 is 2.60 bits per heavy atom. The number of halogens is 1. The Morgan fingerprint density at radius 2 is 1.88 bits per heavy atom. The molecule has 0 saturated heterocycles. The van der Waals surface area contributed by atoms with Crippen molar-refractivity contribution in [2.75, 3.05) is 27.4 Å². The molecule has 0 aliphatic carbocycles. The van der Waals surface area contributed by atoms with Crippen LogP contribution in [0.2, 0.25) is 5.02 Å². The fraction of sp³-hybridized carbons (Fsp3) is 0.300. The lowest BCUT2D eigenvalue weighted by molar-refractivity contribution is 0.326. The van der Waals surface area contributed by atoms with Crippen molar-refractivity contribution in [2.24, 2.45) is 0 Å². The van der Waals surface area contributed by atoms with E-state index >= 15 is 0 Å². The van der Waals surface area contributed by atoms with E-state index in [0.717, 1.165) is 24.3 Å². The highest BCUT2D eigenvalue weighted by Crippen LogP contribution is 2.36. The predicted octanol–water partition coefficient (Wildman–Crippen LogP) is 4.25. The van der Waals surface area contributed by atoms with Gasteiger partial charge in [-0.1, -0.05) is 42.5 Å². The van der Waals surface area contributed by atoms with Gasteiger partial charge in [-0.3, -0.25) is 0 Å². The molecule has 0 aliphatic heterocycles. The molecule has 0 aliphatic rings. The van der Waals surface area contributed by atoms with Crippen molar-refractivity contribution in [3.8, 4) is 17.2 Å². The molecule has 0 fully saturated rings. The molecular weight excluding hydrogens is 338 g/mol. The van der Waals surface area contributed by atoms with Crippen LogP contribution in [0.1, 0.15) is 11.1 Å². The minimum atomic E-state index is 0.382. The van der Waals surface area contributed by atoms with Crippen molar-refractivity contribution in [1.82, 2.24) is 5.32 Å². The van der Waals surface area contributed by atoms with Gasteiger partial charge in [0.1, 0.15) is 12.4 Å². The molecule has 4 nitrogen and oxygen atoms in total. The highest BCUT2D eigenvalue weighted by Gasteiger charge is 2.11. The zero-order valence-corrected chi connectivity index (χ0v) is 15.4. The van der Waals surface area contributed by atoms with E-state index < -0.39 is 0 Å². The van der Waals surface area contributed by atoms with Gasteiger partial charge >= 0.3 is 0 Å². The summed E-state index contributed by atoms with van der Waals surface area (Å²) in [5, 5.41) is 3.95. The van der Waals surface area contributed by atoms with Gasteiger partial charge in [0.25, 0.3) is 0 Å². The number of methoxy groups -OCH3 is 2. The second-order valence-electron chi connectivity index (χ2n) is 5.45. The normalized spacial score (nSPS) is 10.4. The summed E-state index contributed by atoms with van der Waals surface area (Å²) in [7, 11) is 3.29. The summed E-state index contributed by atoms with van der Waals surface area (Å²) in [5.74, 6) is 2.08. The molecular formula is C20H24ClNO3. The molecule has 5 heteroatoms. The van der Waals surface area contributed by atoms with Gasteiger partial charge in [-0.15, -0.1) is 0 Å². The van der Waals surface area contributed by atoms with Gasteiger partial charge < -0.3 is 19.5 Å². The molecule has 0 unspecified atom stereocenters. The molecule has 0 heterocycles. The Labute approximate surface area is 154 Å². The second kappa shape index (κ2) is 9.97. The van der Waals surface area contributed by atoms with Gasteiger partial charge in [0.2, 0.25) is 0 Å². The fourth-order valence-corrected chi connectivity index (χ4v) is 2.81. The number of para-hydroxylation sites is 1. The lowest BCUT2D eigenvalue weighted by atomic mass is 10.1. The summed E-state index contributed by atoms with van der Waals surface area (Å²) in [4.78, 5) is 0. The van der Waals surface area contributed by atoms with E-state index in [1.54, 1.807) is 20.3 Å². The summed E-state index contributed by atoms with van der Waals surface area (Å²) >= 11 is 6.31. The first-order valence-electron chi connectivity index (χ1n) is 8.12. The Hall–Kier alpha value is -2.17. The third-order valence-corrected chi connectivity index (χ3v) is 4.01. The van der Waals surface area contributed by atoms with Crippen LogP contribution in [0.4, 0.5) is 0 Å². The smallest absolute Gasteiger partial charge is 0.180 e. The molecule has 2 aromatic carbocycles. The van der Waals surface area contributed by atoms with E-state index in [0.29, 0.717) is 29.7 Å². The van der Waals surface area contributed by atoms with Crippen LogP contribution in [0.25, 0.3) is 0 Å².